The van der Waals surface area contributed by atoms with Crippen LogP contribution in [0.2, 0.25) is 0 Å². The predicted molar refractivity (Wildman–Crippen MR) is 107 cm³/mol. The molecule has 0 spiro atoms. The number of hydrogen-bond donors (Lipinski definition) is 1. The Morgan fingerprint density at radius 3 is 2.68 bits per heavy atom. The number of benzene rings is 2. The lowest BCUT2D eigenvalue weighted by Crippen LogP contribution is -2.25. The van der Waals surface area contributed by atoms with E-state index in [1.54, 1.807) is 49.6 Å². The van der Waals surface area contributed by atoms with Gasteiger partial charge in [-0.05, 0) is 35.6 Å². The van der Waals surface area contributed by atoms with Gasteiger partial charge in [0.05, 0.1) is 32.2 Å². The molecule has 1 N–H and O–H groups in total. The van der Waals surface area contributed by atoms with Crippen LogP contribution in [0.4, 0.5) is 0 Å². The molecule has 6 nitrogen and oxygen atoms in total. The van der Waals surface area contributed by atoms with Gasteiger partial charge in [-0.2, -0.15) is 5.26 Å². The second-order valence-corrected chi connectivity index (χ2v) is 6.40. The van der Waals surface area contributed by atoms with Crippen molar-refractivity contribution in [3.8, 4) is 23.4 Å². The van der Waals surface area contributed by atoms with E-state index in [0.29, 0.717) is 34.4 Å². The molecule has 28 heavy (non-hydrogen) atoms. The number of aromatic hydroxyl groups is 1. The van der Waals surface area contributed by atoms with E-state index in [1.807, 2.05) is 6.92 Å². The fourth-order valence-corrected chi connectivity index (χ4v) is 3.23. The Morgan fingerprint density at radius 2 is 1.96 bits per heavy atom. The summed E-state index contributed by atoms with van der Waals surface area (Å²) in [6.45, 7) is 2.52. The molecule has 0 amide bonds. The van der Waals surface area contributed by atoms with Gasteiger partial charge in [-0.15, -0.1) is 0 Å². The first-order valence-electron chi connectivity index (χ1n) is 9.11. The van der Waals surface area contributed by atoms with E-state index in [4.69, 9.17) is 9.47 Å². The SMILES string of the molecule is CCCOc1cc(C(CC#N)n2c(O)c3ccccc3cc2=O)ccc1OC. The van der Waals surface area contributed by atoms with Gasteiger partial charge >= 0.3 is 0 Å². The minimum atomic E-state index is -0.656. The van der Waals surface area contributed by atoms with Crippen LogP contribution >= 0.6 is 0 Å². The Balaban J connectivity index is 2.17. The second-order valence-electron chi connectivity index (χ2n) is 6.40. The lowest BCUT2D eigenvalue weighted by molar-refractivity contribution is 0.293. The number of hydrogen-bond acceptors (Lipinski definition) is 5. The van der Waals surface area contributed by atoms with Gasteiger partial charge in [0.15, 0.2) is 11.5 Å². The largest absolute Gasteiger partial charge is 0.494 e. The fraction of sp³-hybridized carbons (Fsp3) is 0.273. The smallest absolute Gasteiger partial charge is 0.254 e. The maximum atomic E-state index is 12.8. The molecule has 0 fully saturated rings. The van der Waals surface area contributed by atoms with Crippen LogP contribution in [-0.2, 0) is 0 Å². The van der Waals surface area contributed by atoms with E-state index < -0.39 is 6.04 Å². The van der Waals surface area contributed by atoms with Gasteiger partial charge in [-0.25, -0.2) is 0 Å². The maximum absolute atomic E-state index is 12.8. The number of fused-ring (bicyclic) bond motifs is 1. The maximum Gasteiger partial charge on any atom is 0.254 e. The summed E-state index contributed by atoms with van der Waals surface area (Å²) in [4.78, 5) is 12.8. The molecular formula is C22H22N2O4. The number of aromatic nitrogens is 1. The quantitative estimate of drug-likeness (QED) is 0.671. The number of pyridine rings is 1. The highest BCUT2D eigenvalue weighted by Gasteiger charge is 2.21. The van der Waals surface area contributed by atoms with Crippen molar-refractivity contribution < 1.29 is 14.6 Å². The van der Waals surface area contributed by atoms with Crippen molar-refractivity contribution in [2.24, 2.45) is 0 Å². The summed E-state index contributed by atoms with van der Waals surface area (Å²) in [5.74, 6) is 0.955. The van der Waals surface area contributed by atoms with Crippen LogP contribution in [0, 0.1) is 11.3 Å². The molecular weight excluding hydrogens is 356 g/mol. The van der Waals surface area contributed by atoms with Crippen molar-refractivity contribution in [2.45, 2.75) is 25.8 Å². The Kier molecular flexibility index (Phi) is 5.85. The molecule has 6 heteroatoms. The third kappa shape index (κ3) is 3.65. The minimum absolute atomic E-state index is 0.0192. The van der Waals surface area contributed by atoms with Gasteiger partial charge in [-0.1, -0.05) is 31.2 Å². The topological polar surface area (TPSA) is 84.5 Å². The van der Waals surface area contributed by atoms with Crippen LogP contribution in [-0.4, -0.2) is 23.4 Å². The van der Waals surface area contributed by atoms with E-state index in [2.05, 4.69) is 6.07 Å². The standard InChI is InChI=1S/C22H22N2O4/c1-3-12-28-20-13-16(8-9-19(20)27-2)18(10-11-23)24-21(25)14-15-6-4-5-7-17(15)22(24)26/h4-9,13-14,18,26H,3,10,12H2,1-2H3. The number of rotatable bonds is 7. The number of methoxy groups -OCH3 is 1. The highest BCUT2D eigenvalue weighted by molar-refractivity contribution is 5.86. The van der Waals surface area contributed by atoms with Gasteiger partial charge in [0.2, 0.25) is 5.88 Å². The molecule has 0 saturated carbocycles. The van der Waals surface area contributed by atoms with Crippen LogP contribution in [0.25, 0.3) is 10.8 Å². The van der Waals surface area contributed by atoms with Crippen molar-refractivity contribution in [3.63, 3.8) is 0 Å². The summed E-state index contributed by atoms with van der Waals surface area (Å²) in [6.07, 6.45) is 0.852. The van der Waals surface area contributed by atoms with Gasteiger partial charge < -0.3 is 14.6 Å². The normalized spacial score (nSPS) is 11.8. The minimum Gasteiger partial charge on any atom is -0.494 e. The average molecular weight is 378 g/mol. The summed E-state index contributed by atoms with van der Waals surface area (Å²) in [5, 5.41) is 21.4. The molecule has 1 heterocycles. The van der Waals surface area contributed by atoms with Crippen molar-refractivity contribution in [3.05, 3.63) is 64.4 Å². The lowest BCUT2D eigenvalue weighted by Gasteiger charge is -2.21. The fourth-order valence-electron chi connectivity index (χ4n) is 3.23. The summed E-state index contributed by atoms with van der Waals surface area (Å²) in [5.41, 5.74) is 0.310. The molecule has 0 aliphatic heterocycles. The third-order valence-electron chi connectivity index (χ3n) is 4.58. The van der Waals surface area contributed by atoms with Crippen molar-refractivity contribution in [1.29, 1.82) is 5.26 Å². The van der Waals surface area contributed by atoms with Crippen molar-refractivity contribution >= 4 is 10.8 Å². The first-order valence-corrected chi connectivity index (χ1v) is 9.11. The first kappa shape index (κ1) is 19.3. The van der Waals surface area contributed by atoms with Crippen LogP contribution in [0.1, 0.15) is 31.4 Å². The van der Waals surface area contributed by atoms with Crippen LogP contribution < -0.4 is 15.0 Å². The average Bonchev–Trinajstić information content (AvgIpc) is 2.71. The van der Waals surface area contributed by atoms with Gasteiger partial charge in [-0.3, -0.25) is 9.36 Å². The molecule has 0 aliphatic carbocycles. The Hall–Kier alpha value is -3.46. The molecule has 2 aromatic carbocycles. The highest BCUT2D eigenvalue weighted by Crippen LogP contribution is 2.35. The van der Waals surface area contributed by atoms with E-state index >= 15 is 0 Å². The Morgan fingerprint density at radius 1 is 1.18 bits per heavy atom. The molecule has 0 aliphatic rings. The monoisotopic (exact) mass is 378 g/mol. The van der Waals surface area contributed by atoms with E-state index in [0.717, 1.165) is 6.42 Å². The molecule has 3 rings (SSSR count). The molecule has 0 bridgehead atoms. The van der Waals surface area contributed by atoms with Gasteiger partial charge in [0.25, 0.3) is 5.56 Å². The van der Waals surface area contributed by atoms with Crippen molar-refractivity contribution in [2.75, 3.05) is 13.7 Å². The molecule has 1 aromatic heterocycles. The van der Waals surface area contributed by atoms with Crippen LogP contribution in [0.3, 0.4) is 0 Å². The molecule has 0 saturated heterocycles. The molecule has 144 valence electrons. The van der Waals surface area contributed by atoms with Crippen molar-refractivity contribution in [1.82, 2.24) is 4.57 Å². The summed E-state index contributed by atoms with van der Waals surface area (Å²) in [7, 11) is 1.56. The summed E-state index contributed by atoms with van der Waals surface area (Å²) >= 11 is 0. The second kappa shape index (κ2) is 8.49. The summed E-state index contributed by atoms with van der Waals surface area (Å²) in [6, 6.07) is 15.3. The lowest BCUT2D eigenvalue weighted by atomic mass is 10.0. The molecule has 3 aromatic rings. The third-order valence-corrected chi connectivity index (χ3v) is 4.58. The van der Waals surface area contributed by atoms with E-state index in [1.165, 1.54) is 10.6 Å². The number of nitriles is 1. The van der Waals surface area contributed by atoms with Crippen LogP contribution in [0.5, 0.6) is 17.4 Å². The molecule has 0 radical (unpaired) electrons. The molecule has 1 atom stereocenters. The first-order chi connectivity index (χ1) is 13.6. The van der Waals surface area contributed by atoms with Gasteiger partial charge in [0.1, 0.15) is 0 Å². The Labute approximate surface area is 163 Å². The van der Waals surface area contributed by atoms with E-state index in [9.17, 15) is 15.2 Å². The van der Waals surface area contributed by atoms with E-state index in [-0.39, 0.29) is 17.9 Å². The van der Waals surface area contributed by atoms with Gasteiger partial charge in [0, 0.05) is 11.5 Å². The Bertz CT molecular complexity index is 1080. The highest BCUT2D eigenvalue weighted by atomic mass is 16.5. The zero-order valence-corrected chi connectivity index (χ0v) is 15.9. The summed E-state index contributed by atoms with van der Waals surface area (Å²) < 4.78 is 12.4. The zero-order chi connectivity index (χ0) is 20.1. The number of ether oxygens (including phenoxy) is 2. The van der Waals surface area contributed by atoms with Crippen LogP contribution in [0.15, 0.2) is 53.3 Å². The number of nitrogens with zero attached hydrogens (tertiary/aromatic N) is 2. The predicted octanol–water partition coefficient (Wildman–Crippen LogP) is 4.01. The zero-order valence-electron chi connectivity index (χ0n) is 15.9. The molecule has 1 unspecified atom stereocenters.